The summed E-state index contributed by atoms with van der Waals surface area (Å²) in [7, 11) is 0. The number of nitrogens with one attached hydrogen (secondary N) is 2. The third-order valence-electron chi connectivity index (χ3n) is 5.19. The maximum Gasteiger partial charge on any atom is 0.325 e. The zero-order valence-corrected chi connectivity index (χ0v) is 15.1. The van der Waals surface area contributed by atoms with Gasteiger partial charge in [0.05, 0.1) is 0 Å². The first kappa shape index (κ1) is 18.4. The average Bonchev–Trinajstić information content (AvgIpc) is 2.83. The van der Waals surface area contributed by atoms with Crippen LogP contribution in [-0.4, -0.2) is 41.4 Å². The molecule has 1 aromatic carbocycles. The number of rotatable bonds is 6. The number of hydrogen-bond acceptors (Lipinski definition) is 3. The van der Waals surface area contributed by atoms with Crippen LogP contribution in [0.5, 0.6) is 0 Å². The highest BCUT2D eigenvalue weighted by Crippen LogP contribution is 2.17. The van der Waals surface area contributed by atoms with Gasteiger partial charge >= 0.3 is 6.03 Å². The number of nitrogens with zero attached hydrogens (tertiary/aromatic N) is 1. The van der Waals surface area contributed by atoms with E-state index in [4.69, 9.17) is 0 Å². The van der Waals surface area contributed by atoms with Crippen molar-refractivity contribution in [1.29, 1.82) is 0 Å². The first-order valence-electron chi connectivity index (χ1n) is 9.58. The molecule has 1 saturated heterocycles. The van der Waals surface area contributed by atoms with Crippen LogP contribution in [-0.2, 0) is 16.0 Å². The summed E-state index contributed by atoms with van der Waals surface area (Å²) >= 11 is 0. The van der Waals surface area contributed by atoms with Crippen LogP contribution >= 0.6 is 0 Å². The molecule has 1 saturated carbocycles. The SMILES string of the molecule is O=C(CN1C(=O)N[C@@H](CCc2ccccc2)C1=O)NC1CCCCCC1. The Balaban J connectivity index is 1.49. The Morgan fingerprint density at radius 3 is 2.46 bits per heavy atom. The van der Waals surface area contributed by atoms with Crippen LogP contribution in [0.4, 0.5) is 4.79 Å². The van der Waals surface area contributed by atoms with Crippen LogP contribution in [0.15, 0.2) is 30.3 Å². The predicted octanol–water partition coefficient (Wildman–Crippen LogP) is 2.38. The number of amides is 4. The zero-order valence-electron chi connectivity index (χ0n) is 15.1. The topological polar surface area (TPSA) is 78.5 Å². The van der Waals surface area contributed by atoms with Gasteiger partial charge in [-0.05, 0) is 31.2 Å². The van der Waals surface area contributed by atoms with E-state index in [9.17, 15) is 14.4 Å². The molecule has 1 heterocycles. The molecule has 4 amide bonds. The molecule has 2 N–H and O–H groups in total. The van der Waals surface area contributed by atoms with Crippen molar-refractivity contribution in [3.05, 3.63) is 35.9 Å². The van der Waals surface area contributed by atoms with E-state index in [0.29, 0.717) is 12.8 Å². The summed E-state index contributed by atoms with van der Waals surface area (Å²) in [6, 6.07) is 9.00. The second kappa shape index (κ2) is 8.83. The van der Waals surface area contributed by atoms with E-state index in [1.165, 1.54) is 12.8 Å². The van der Waals surface area contributed by atoms with Crippen LogP contribution in [0.1, 0.15) is 50.5 Å². The Hall–Kier alpha value is -2.37. The number of hydrogen-bond donors (Lipinski definition) is 2. The van der Waals surface area contributed by atoms with Crippen LogP contribution < -0.4 is 10.6 Å². The number of carbonyl (C=O) groups is 3. The highest BCUT2D eigenvalue weighted by molar-refractivity contribution is 6.06. The smallest absolute Gasteiger partial charge is 0.325 e. The van der Waals surface area contributed by atoms with Crippen LogP contribution in [0.2, 0.25) is 0 Å². The molecule has 0 bridgehead atoms. The summed E-state index contributed by atoms with van der Waals surface area (Å²) in [6.45, 7) is -0.191. The molecule has 2 fully saturated rings. The van der Waals surface area contributed by atoms with Crippen molar-refractivity contribution in [2.45, 2.75) is 63.5 Å². The number of benzene rings is 1. The lowest BCUT2D eigenvalue weighted by Gasteiger charge is -2.18. The molecule has 2 aliphatic rings. The van der Waals surface area contributed by atoms with Crippen molar-refractivity contribution in [1.82, 2.24) is 15.5 Å². The molecule has 3 rings (SSSR count). The lowest BCUT2D eigenvalue weighted by molar-refractivity contribution is -0.132. The van der Waals surface area contributed by atoms with Crippen LogP contribution in [0, 0.1) is 0 Å². The minimum Gasteiger partial charge on any atom is -0.352 e. The molecule has 1 atom stereocenters. The molecule has 0 unspecified atom stereocenters. The first-order chi connectivity index (χ1) is 12.6. The van der Waals surface area contributed by atoms with E-state index in [2.05, 4.69) is 10.6 Å². The molecule has 0 radical (unpaired) electrons. The lowest BCUT2D eigenvalue weighted by Crippen LogP contribution is -2.44. The number of imide groups is 1. The number of carbonyl (C=O) groups excluding carboxylic acids is 3. The van der Waals surface area contributed by atoms with Gasteiger partial charge in [0.2, 0.25) is 5.91 Å². The van der Waals surface area contributed by atoms with Crippen LogP contribution in [0.3, 0.4) is 0 Å². The summed E-state index contributed by atoms with van der Waals surface area (Å²) in [5.74, 6) is -0.550. The van der Waals surface area contributed by atoms with E-state index in [1.807, 2.05) is 30.3 Å². The standard InChI is InChI=1S/C20H27N3O3/c24-18(21-16-10-6-1-2-7-11-16)14-23-19(25)17(22-20(23)26)13-12-15-8-4-3-5-9-15/h3-5,8-9,16-17H,1-2,6-7,10-14H2,(H,21,24)(H,22,26)/t17-/m0/s1. The van der Waals surface area contributed by atoms with Crippen LogP contribution in [0.25, 0.3) is 0 Å². The van der Waals surface area contributed by atoms with Gasteiger partial charge in [-0.15, -0.1) is 0 Å². The maximum absolute atomic E-state index is 12.5. The molecule has 0 spiro atoms. The monoisotopic (exact) mass is 357 g/mol. The van der Waals surface area contributed by atoms with E-state index in [-0.39, 0.29) is 24.4 Å². The van der Waals surface area contributed by atoms with E-state index < -0.39 is 12.1 Å². The minimum atomic E-state index is -0.548. The highest BCUT2D eigenvalue weighted by Gasteiger charge is 2.38. The summed E-state index contributed by atoms with van der Waals surface area (Å²) in [5, 5.41) is 5.69. The van der Waals surface area contributed by atoms with Gasteiger partial charge in [-0.2, -0.15) is 0 Å². The average molecular weight is 357 g/mol. The second-order valence-electron chi connectivity index (χ2n) is 7.21. The van der Waals surface area contributed by atoms with Crippen molar-refractivity contribution in [2.75, 3.05) is 6.54 Å². The van der Waals surface area contributed by atoms with Crippen molar-refractivity contribution in [3.63, 3.8) is 0 Å². The molecule has 0 aromatic heterocycles. The fourth-order valence-corrected chi connectivity index (χ4v) is 3.72. The molecule has 1 aliphatic carbocycles. The fourth-order valence-electron chi connectivity index (χ4n) is 3.72. The van der Waals surface area contributed by atoms with Gasteiger partial charge in [-0.25, -0.2) is 4.79 Å². The van der Waals surface area contributed by atoms with Gasteiger partial charge < -0.3 is 10.6 Å². The van der Waals surface area contributed by atoms with Crippen molar-refractivity contribution in [3.8, 4) is 0 Å². The number of aryl methyl sites for hydroxylation is 1. The molecule has 1 aliphatic heterocycles. The Morgan fingerprint density at radius 2 is 1.77 bits per heavy atom. The largest absolute Gasteiger partial charge is 0.352 e. The van der Waals surface area contributed by atoms with Crippen molar-refractivity contribution in [2.24, 2.45) is 0 Å². The van der Waals surface area contributed by atoms with Gasteiger partial charge in [0, 0.05) is 6.04 Å². The van der Waals surface area contributed by atoms with Crippen molar-refractivity contribution >= 4 is 17.8 Å². The lowest BCUT2D eigenvalue weighted by atomic mass is 10.1. The van der Waals surface area contributed by atoms with E-state index in [1.54, 1.807) is 0 Å². The Labute approximate surface area is 154 Å². The van der Waals surface area contributed by atoms with E-state index >= 15 is 0 Å². The molecule has 1 aromatic rings. The summed E-state index contributed by atoms with van der Waals surface area (Å²) in [4.78, 5) is 37.9. The molecule has 6 nitrogen and oxygen atoms in total. The highest BCUT2D eigenvalue weighted by atomic mass is 16.2. The molecular formula is C20H27N3O3. The maximum atomic E-state index is 12.5. The summed E-state index contributed by atoms with van der Waals surface area (Å²) < 4.78 is 0. The molecule has 140 valence electrons. The second-order valence-corrected chi connectivity index (χ2v) is 7.21. The Morgan fingerprint density at radius 1 is 1.08 bits per heavy atom. The Bertz CT molecular complexity index is 639. The third kappa shape index (κ3) is 4.84. The third-order valence-corrected chi connectivity index (χ3v) is 5.19. The van der Waals surface area contributed by atoms with Gasteiger partial charge in [0.15, 0.2) is 0 Å². The molecular weight excluding hydrogens is 330 g/mol. The van der Waals surface area contributed by atoms with Crippen molar-refractivity contribution < 1.29 is 14.4 Å². The van der Waals surface area contributed by atoms with Gasteiger partial charge in [0.1, 0.15) is 12.6 Å². The Kier molecular flexibility index (Phi) is 6.26. The fraction of sp³-hybridized carbons (Fsp3) is 0.550. The summed E-state index contributed by atoms with van der Waals surface area (Å²) in [5.41, 5.74) is 1.12. The van der Waals surface area contributed by atoms with Gasteiger partial charge in [-0.1, -0.05) is 56.0 Å². The van der Waals surface area contributed by atoms with Gasteiger partial charge in [0.25, 0.3) is 5.91 Å². The predicted molar refractivity (Wildman–Crippen MR) is 98.4 cm³/mol. The number of urea groups is 1. The van der Waals surface area contributed by atoms with E-state index in [0.717, 1.165) is 36.1 Å². The molecule has 6 heteroatoms. The zero-order chi connectivity index (χ0) is 18.4. The summed E-state index contributed by atoms with van der Waals surface area (Å²) in [6.07, 6.45) is 7.86. The normalized spacial score (nSPS) is 21.4. The molecule has 26 heavy (non-hydrogen) atoms. The quantitative estimate of drug-likeness (QED) is 0.606. The van der Waals surface area contributed by atoms with Gasteiger partial charge in [-0.3, -0.25) is 14.5 Å². The first-order valence-corrected chi connectivity index (χ1v) is 9.58. The minimum absolute atomic E-state index is 0.166.